The summed E-state index contributed by atoms with van der Waals surface area (Å²) in [6.45, 7) is -0.301. The number of carbonyl (C=O) groups is 2. The van der Waals surface area contributed by atoms with E-state index in [0.717, 1.165) is 29.5 Å². The highest BCUT2D eigenvalue weighted by Gasteiger charge is 2.22. The summed E-state index contributed by atoms with van der Waals surface area (Å²) in [5.74, 6) is -3.00. The highest BCUT2D eigenvalue weighted by Crippen LogP contribution is 2.33. The first-order valence-electron chi connectivity index (χ1n) is 13.6. The third kappa shape index (κ3) is 8.98. The van der Waals surface area contributed by atoms with E-state index in [1.807, 2.05) is 0 Å². The first-order valence-corrected chi connectivity index (χ1v) is 14.4. The molecule has 0 bridgehead atoms. The van der Waals surface area contributed by atoms with Crippen molar-refractivity contribution in [2.75, 3.05) is 19.5 Å². The lowest BCUT2D eigenvalue weighted by Gasteiger charge is -2.20. The van der Waals surface area contributed by atoms with Gasteiger partial charge in [-0.05, 0) is 43.2 Å². The minimum absolute atomic E-state index is 0.0239. The molecule has 45 heavy (non-hydrogen) atoms. The van der Waals surface area contributed by atoms with Gasteiger partial charge < -0.3 is 29.8 Å². The number of rotatable bonds is 14. The molecule has 15 heteroatoms. The predicted molar refractivity (Wildman–Crippen MR) is 161 cm³/mol. The summed E-state index contributed by atoms with van der Waals surface area (Å²) in [6.07, 6.45) is 3.39. The Bertz CT molecular complexity index is 1760. The van der Waals surface area contributed by atoms with E-state index < -0.39 is 41.4 Å². The lowest BCUT2D eigenvalue weighted by atomic mass is 10.1. The molecular weight excluding hydrogens is 615 g/mol. The van der Waals surface area contributed by atoms with Gasteiger partial charge in [0.15, 0.2) is 0 Å². The zero-order valence-electron chi connectivity index (χ0n) is 24.2. The number of carbonyl (C=O) groups excluding carboxylic acids is 2. The van der Waals surface area contributed by atoms with Crippen LogP contribution >= 0.6 is 11.3 Å². The average Bonchev–Trinajstić information content (AvgIpc) is 3.41. The van der Waals surface area contributed by atoms with Gasteiger partial charge in [-0.3, -0.25) is 19.7 Å². The van der Waals surface area contributed by atoms with Gasteiger partial charge in [-0.2, -0.15) is 0 Å². The third-order valence-electron chi connectivity index (χ3n) is 6.47. The first-order chi connectivity index (χ1) is 21.6. The maximum absolute atomic E-state index is 14.4. The van der Waals surface area contributed by atoms with Crippen molar-refractivity contribution in [3.05, 3.63) is 99.2 Å². The molecule has 0 saturated carbocycles. The summed E-state index contributed by atoms with van der Waals surface area (Å²) in [7, 11) is 2.72. The fraction of sp³-hybridized carbons (Fsp3) is 0.267. The Labute approximate surface area is 259 Å². The summed E-state index contributed by atoms with van der Waals surface area (Å²) in [4.78, 5) is 42.1. The van der Waals surface area contributed by atoms with Crippen LogP contribution < -0.4 is 26.2 Å². The SMILES string of the molecule is CNC(=O)/C=C/CC[C@H](NC(O)OC)C(=O)Nc1cccn(Cc2nc3cc(F)cc(OCc4ccc(F)cc4F)c3s2)c1=O. The number of amides is 2. The van der Waals surface area contributed by atoms with Gasteiger partial charge in [-0.15, -0.1) is 11.3 Å². The van der Waals surface area contributed by atoms with Crippen molar-refractivity contribution in [1.82, 2.24) is 20.2 Å². The van der Waals surface area contributed by atoms with E-state index in [4.69, 9.17) is 9.47 Å². The summed E-state index contributed by atoms with van der Waals surface area (Å²) < 4.78 is 53.9. The molecule has 4 aromatic rings. The number of anilines is 1. The molecule has 11 nitrogen and oxygen atoms in total. The van der Waals surface area contributed by atoms with E-state index in [2.05, 4.69) is 20.9 Å². The van der Waals surface area contributed by atoms with Crippen molar-refractivity contribution in [3.8, 4) is 5.75 Å². The number of ether oxygens (including phenoxy) is 2. The molecule has 2 aromatic heterocycles. The highest BCUT2D eigenvalue weighted by atomic mass is 32.1. The third-order valence-corrected chi connectivity index (χ3v) is 7.54. The minimum Gasteiger partial charge on any atom is -0.487 e. The lowest BCUT2D eigenvalue weighted by molar-refractivity contribution is -0.129. The van der Waals surface area contributed by atoms with Crippen molar-refractivity contribution in [2.24, 2.45) is 0 Å². The van der Waals surface area contributed by atoms with Crippen LogP contribution in [0, 0.1) is 17.5 Å². The van der Waals surface area contributed by atoms with Crippen LogP contribution in [0.5, 0.6) is 5.75 Å². The van der Waals surface area contributed by atoms with Gasteiger partial charge >= 0.3 is 0 Å². The molecule has 2 amide bonds. The predicted octanol–water partition coefficient (Wildman–Crippen LogP) is 3.40. The van der Waals surface area contributed by atoms with E-state index in [1.165, 1.54) is 49.2 Å². The fourth-order valence-electron chi connectivity index (χ4n) is 4.17. The first kappa shape index (κ1) is 33.3. The van der Waals surface area contributed by atoms with Gasteiger partial charge in [-0.25, -0.2) is 18.2 Å². The van der Waals surface area contributed by atoms with Crippen LogP contribution in [0.3, 0.4) is 0 Å². The maximum atomic E-state index is 14.4. The fourth-order valence-corrected chi connectivity index (χ4v) is 5.18. The molecule has 2 aromatic carbocycles. The van der Waals surface area contributed by atoms with Gasteiger partial charge in [0, 0.05) is 44.1 Å². The molecular formula is C30H30F3N5O6S. The number of nitrogens with one attached hydrogen (secondary N) is 3. The van der Waals surface area contributed by atoms with Crippen LogP contribution in [-0.2, 0) is 27.5 Å². The number of aliphatic hydroxyl groups excluding tert-OH is 1. The van der Waals surface area contributed by atoms with E-state index >= 15 is 0 Å². The number of benzene rings is 2. The van der Waals surface area contributed by atoms with Crippen LogP contribution in [0.2, 0.25) is 0 Å². The van der Waals surface area contributed by atoms with E-state index in [9.17, 15) is 32.7 Å². The van der Waals surface area contributed by atoms with Gasteiger partial charge in [-0.1, -0.05) is 6.08 Å². The van der Waals surface area contributed by atoms with Crippen LogP contribution in [0.15, 0.2) is 65.6 Å². The number of methoxy groups -OCH3 is 1. The summed E-state index contributed by atoms with van der Waals surface area (Å²) >= 11 is 1.14. The van der Waals surface area contributed by atoms with Crippen LogP contribution in [-0.4, -0.2) is 53.1 Å². The minimum atomic E-state index is -1.46. The number of allylic oxidation sites excluding steroid dienone is 1. The van der Waals surface area contributed by atoms with Crippen molar-refractivity contribution in [1.29, 1.82) is 0 Å². The Morgan fingerprint density at radius 2 is 1.96 bits per heavy atom. The zero-order chi connectivity index (χ0) is 32.5. The molecule has 2 atom stereocenters. The molecule has 4 rings (SSSR count). The molecule has 0 fully saturated rings. The Hall–Kier alpha value is -4.57. The van der Waals surface area contributed by atoms with Crippen LogP contribution in [0.1, 0.15) is 23.4 Å². The number of nitrogens with zero attached hydrogens (tertiary/aromatic N) is 2. The van der Waals surface area contributed by atoms with Gasteiger partial charge in [0.1, 0.15) is 40.5 Å². The number of halogens is 3. The van der Waals surface area contributed by atoms with Crippen molar-refractivity contribution in [2.45, 2.75) is 38.4 Å². The number of aromatic nitrogens is 2. The highest BCUT2D eigenvalue weighted by molar-refractivity contribution is 7.19. The standard InChI is InChI=1S/C30H30F3N5O6S/c1-34-25(39)8-4-3-6-21(37-30(42)43-2)28(40)36-22-7-5-11-38(29(22)41)15-26-35-23-13-19(32)14-24(27(23)45-26)44-16-17-9-10-18(31)12-20(17)33/h4-5,7-14,21,30,37,42H,3,6,15-16H2,1-2H3,(H,34,39)(H,36,40)/b8-4+/t21-,30?/m0/s1. The number of hydrogen-bond acceptors (Lipinski definition) is 9. The van der Waals surface area contributed by atoms with Crippen molar-refractivity contribution < 1.29 is 37.3 Å². The second kappa shape index (κ2) is 15.4. The molecule has 2 heterocycles. The number of fused-ring (bicyclic) bond motifs is 1. The maximum Gasteiger partial charge on any atom is 0.274 e. The molecule has 0 aliphatic rings. The molecule has 0 aliphatic heterocycles. The lowest BCUT2D eigenvalue weighted by Crippen LogP contribution is -2.47. The molecule has 0 aliphatic carbocycles. The summed E-state index contributed by atoms with van der Waals surface area (Å²) in [5.41, 5.74) is -0.249. The number of hydrogen-bond donors (Lipinski definition) is 4. The number of pyridine rings is 1. The quantitative estimate of drug-likeness (QED) is 0.121. The van der Waals surface area contributed by atoms with Crippen LogP contribution in [0.25, 0.3) is 10.2 Å². The zero-order valence-corrected chi connectivity index (χ0v) is 25.0. The van der Waals surface area contributed by atoms with Gasteiger partial charge in [0.05, 0.1) is 22.8 Å². The Balaban J connectivity index is 1.50. The van der Waals surface area contributed by atoms with E-state index in [0.29, 0.717) is 16.1 Å². The molecule has 4 N–H and O–H groups in total. The molecule has 0 saturated heterocycles. The number of thiazole rings is 1. The number of likely N-dealkylation sites (N-methyl/N-ethyl adjacent to an activating group) is 1. The van der Waals surface area contributed by atoms with Crippen LogP contribution in [0.4, 0.5) is 18.9 Å². The largest absolute Gasteiger partial charge is 0.487 e. The molecule has 238 valence electrons. The monoisotopic (exact) mass is 645 g/mol. The molecule has 1 unspecified atom stereocenters. The van der Waals surface area contributed by atoms with Crippen molar-refractivity contribution >= 4 is 39.1 Å². The van der Waals surface area contributed by atoms with Crippen molar-refractivity contribution in [3.63, 3.8) is 0 Å². The van der Waals surface area contributed by atoms with E-state index in [1.54, 1.807) is 12.1 Å². The summed E-state index contributed by atoms with van der Waals surface area (Å²) in [5, 5.41) is 17.9. The van der Waals surface area contributed by atoms with Gasteiger partial charge in [0.25, 0.3) is 5.56 Å². The Morgan fingerprint density at radius 1 is 1.16 bits per heavy atom. The van der Waals surface area contributed by atoms with E-state index in [-0.39, 0.29) is 48.0 Å². The Morgan fingerprint density at radius 3 is 2.69 bits per heavy atom. The second-order valence-electron chi connectivity index (χ2n) is 9.63. The topological polar surface area (TPSA) is 144 Å². The second-order valence-corrected chi connectivity index (χ2v) is 10.7. The van der Waals surface area contributed by atoms with Gasteiger partial charge in [0.2, 0.25) is 18.2 Å². The molecule has 0 radical (unpaired) electrons. The number of aliphatic hydroxyl groups is 1. The average molecular weight is 646 g/mol. The smallest absolute Gasteiger partial charge is 0.274 e. The summed E-state index contributed by atoms with van der Waals surface area (Å²) in [6, 6.07) is 7.37. The normalized spacial score (nSPS) is 12.8. The molecule has 0 spiro atoms. The Kier molecular flexibility index (Phi) is 11.4.